The van der Waals surface area contributed by atoms with Crippen LogP contribution in [0.25, 0.3) is 10.9 Å². The van der Waals surface area contributed by atoms with Crippen molar-refractivity contribution in [3.63, 3.8) is 0 Å². The molecule has 0 N–H and O–H groups in total. The molecule has 3 rings (SSSR count). The van der Waals surface area contributed by atoms with Gasteiger partial charge in [0.1, 0.15) is 0 Å². The first kappa shape index (κ1) is 16.5. The summed E-state index contributed by atoms with van der Waals surface area (Å²) in [4.78, 5) is 10.5. The minimum atomic E-state index is -3.97. The normalized spacial score (nSPS) is 11.8. The van der Waals surface area contributed by atoms with Gasteiger partial charge in [0.25, 0.3) is 15.7 Å². The first-order valence-corrected chi connectivity index (χ1v) is 8.96. The van der Waals surface area contributed by atoms with Crippen LogP contribution in [-0.4, -0.2) is 17.3 Å². The Morgan fingerprint density at radius 1 is 1.21 bits per heavy atom. The van der Waals surface area contributed by atoms with Crippen LogP contribution in [0, 0.1) is 10.1 Å². The van der Waals surface area contributed by atoms with E-state index in [1.807, 2.05) is 0 Å². The van der Waals surface area contributed by atoms with Gasteiger partial charge in [0.2, 0.25) is 0 Å². The topological polar surface area (TPSA) is 82.2 Å². The number of aryl methyl sites for hydroxylation is 1. The highest BCUT2D eigenvalue weighted by atomic mass is 35.5. The molecule has 0 radical (unpaired) electrons. The van der Waals surface area contributed by atoms with Gasteiger partial charge in [-0.3, -0.25) is 10.1 Å². The molecule has 0 saturated carbocycles. The van der Waals surface area contributed by atoms with Crippen LogP contribution in [0.4, 0.5) is 5.69 Å². The van der Waals surface area contributed by atoms with E-state index in [-0.39, 0.29) is 10.6 Å². The smallest absolute Gasteiger partial charge is 0.258 e. The molecule has 0 unspecified atom stereocenters. The molecule has 8 heteroatoms. The molecular formula is C16H13ClN2O4S. The van der Waals surface area contributed by atoms with E-state index in [0.717, 1.165) is 10.0 Å². The Balaban J connectivity index is 2.22. The molecule has 0 bridgehead atoms. The molecule has 6 nitrogen and oxygen atoms in total. The molecule has 124 valence electrons. The second kappa shape index (κ2) is 5.92. The number of aromatic nitrogens is 1. The van der Waals surface area contributed by atoms with Gasteiger partial charge in [0, 0.05) is 28.2 Å². The van der Waals surface area contributed by atoms with Crippen LogP contribution in [0.5, 0.6) is 0 Å². The van der Waals surface area contributed by atoms with E-state index in [4.69, 9.17) is 11.6 Å². The van der Waals surface area contributed by atoms with E-state index in [1.54, 1.807) is 31.2 Å². The fraction of sp³-hybridized carbons (Fsp3) is 0.125. The molecule has 0 saturated heterocycles. The third kappa shape index (κ3) is 2.55. The molecular weight excluding hydrogens is 352 g/mol. The van der Waals surface area contributed by atoms with Crippen LogP contribution in [0.15, 0.2) is 53.6 Å². The second-order valence-electron chi connectivity index (χ2n) is 5.19. The molecule has 1 heterocycles. The van der Waals surface area contributed by atoms with Gasteiger partial charge in [-0.2, -0.15) is 0 Å². The van der Waals surface area contributed by atoms with E-state index < -0.39 is 14.9 Å². The van der Waals surface area contributed by atoms with E-state index in [9.17, 15) is 18.5 Å². The van der Waals surface area contributed by atoms with E-state index in [2.05, 4.69) is 0 Å². The van der Waals surface area contributed by atoms with Crippen molar-refractivity contribution in [1.29, 1.82) is 0 Å². The van der Waals surface area contributed by atoms with Crippen LogP contribution in [0.2, 0.25) is 5.02 Å². The van der Waals surface area contributed by atoms with Crippen molar-refractivity contribution in [2.24, 2.45) is 0 Å². The largest absolute Gasteiger partial charge is 0.273 e. The van der Waals surface area contributed by atoms with Crippen molar-refractivity contribution in [2.75, 3.05) is 0 Å². The van der Waals surface area contributed by atoms with Gasteiger partial charge in [-0.1, -0.05) is 30.7 Å². The number of rotatable bonds is 4. The Morgan fingerprint density at radius 3 is 2.62 bits per heavy atom. The van der Waals surface area contributed by atoms with E-state index in [1.165, 1.54) is 18.3 Å². The van der Waals surface area contributed by atoms with Crippen LogP contribution >= 0.6 is 11.6 Å². The predicted molar refractivity (Wildman–Crippen MR) is 92.0 cm³/mol. The summed E-state index contributed by atoms with van der Waals surface area (Å²) in [6.07, 6.45) is 1.84. The second-order valence-corrected chi connectivity index (χ2v) is 7.41. The van der Waals surface area contributed by atoms with Gasteiger partial charge in [0.05, 0.1) is 15.3 Å². The highest BCUT2D eigenvalue weighted by molar-refractivity contribution is 7.90. The van der Waals surface area contributed by atoms with Crippen molar-refractivity contribution in [3.05, 3.63) is 69.4 Å². The molecule has 0 aliphatic heterocycles. The Kier molecular flexibility index (Phi) is 4.06. The van der Waals surface area contributed by atoms with Gasteiger partial charge in [-0.15, -0.1) is 0 Å². The molecule has 24 heavy (non-hydrogen) atoms. The zero-order chi connectivity index (χ0) is 17.5. The number of halogens is 1. The molecule has 0 aliphatic carbocycles. The molecule has 0 amide bonds. The molecule has 2 aromatic carbocycles. The molecule has 1 aromatic heterocycles. The first-order chi connectivity index (χ1) is 11.4. The summed E-state index contributed by atoms with van der Waals surface area (Å²) in [5.41, 5.74) is 0.706. The summed E-state index contributed by atoms with van der Waals surface area (Å²) in [6.45, 7) is 1.78. The van der Waals surface area contributed by atoms with Crippen LogP contribution in [-0.2, 0) is 16.4 Å². The predicted octanol–water partition coefficient (Wildman–Crippen LogP) is 4.00. The number of nitrogens with zero attached hydrogens (tertiary/aromatic N) is 2. The lowest BCUT2D eigenvalue weighted by Crippen LogP contribution is -2.12. The molecule has 0 spiro atoms. The van der Waals surface area contributed by atoms with Crippen LogP contribution in [0.1, 0.15) is 12.5 Å². The first-order valence-electron chi connectivity index (χ1n) is 7.14. The Labute approximate surface area is 143 Å². The quantitative estimate of drug-likeness (QED) is 0.517. The number of hydrogen-bond donors (Lipinski definition) is 0. The van der Waals surface area contributed by atoms with Gasteiger partial charge in [-0.05, 0) is 30.7 Å². The lowest BCUT2D eigenvalue weighted by Gasteiger charge is -2.09. The minimum absolute atomic E-state index is 0.135. The van der Waals surface area contributed by atoms with Gasteiger partial charge in [-0.25, -0.2) is 12.4 Å². The maximum Gasteiger partial charge on any atom is 0.273 e. The molecule has 3 aromatic rings. The summed E-state index contributed by atoms with van der Waals surface area (Å²) < 4.78 is 26.9. The van der Waals surface area contributed by atoms with Crippen molar-refractivity contribution in [3.8, 4) is 0 Å². The lowest BCUT2D eigenvalue weighted by molar-refractivity contribution is -0.385. The third-order valence-corrected chi connectivity index (χ3v) is 5.85. The van der Waals surface area contributed by atoms with Gasteiger partial charge < -0.3 is 0 Å². The SMILES string of the molecule is CCc1ccc(S(=O)(=O)n2ccc3c(Cl)cccc32)cc1[N+](=O)[O-]. The number of hydrogen-bond acceptors (Lipinski definition) is 4. The summed E-state index contributed by atoms with van der Waals surface area (Å²) in [6, 6.07) is 10.5. The number of nitro groups is 1. The van der Waals surface area contributed by atoms with E-state index >= 15 is 0 Å². The zero-order valence-electron chi connectivity index (χ0n) is 12.6. The average Bonchev–Trinajstić information content (AvgIpc) is 3.00. The third-order valence-electron chi connectivity index (χ3n) is 3.84. The lowest BCUT2D eigenvalue weighted by atomic mass is 10.1. The minimum Gasteiger partial charge on any atom is -0.258 e. The number of benzene rings is 2. The molecule has 0 fully saturated rings. The summed E-state index contributed by atoms with van der Waals surface area (Å²) in [7, 11) is -3.97. The zero-order valence-corrected chi connectivity index (χ0v) is 14.2. The van der Waals surface area contributed by atoms with E-state index in [0.29, 0.717) is 27.9 Å². The highest BCUT2D eigenvalue weighted by Crippen LogP contribution is 2.29. The van der Waals surface area contributed by atoms with Crippen molar-refractivity contribution >= 4 is 38.2 Å². The van der Waals surface area contributed by atoms with Crippen LogP contribution < -0.4 is 0 Å². The summed E-state index contributed by atoms with van der Waals surface area (Å²) in [5, 5.41) is 12.2. The van der Waals surface area contributed by atoms with Crippen molar-refractivity contribution in [2.45, 2.75) is 18.2 Å². The average molecular weight is 365 g/mol. The van der Waals surface area contributed by atoms with Crippen molar-refractivity contribution in [1.82, 2.24) is 3.97 Å². The van der Waals surface area contributed by atoms with Crippen molar-refractivity contribution < 1.29 is 13.3 Å². The Morgan fingerprint density at radius 2 is 1.96 bits per heavy atom. The Hall–Kier alpha value is -2.38. The fourth-order valence-corrected chi connectivity index (χ4v) is 4.20. The van der Waals surface area contributed by atoms with Gasteiger partial charge >= 0.3 is 0 Å². The summed E-state index contributed by atoms with van der Waals surface area (Å²) >= 11 is 6.08. The number of nitro benzene ring substituents is 1. The monoisotopic (exact) mass is 364 g/mol. The summed E-state index contributed by atoms with van der Waals surface area (Å²) in [5.74, 6) is 0. The standard InChI is InChI=1S/C16H13ClN2O4S/c1-2-11-6-7-12(10-16(11)19(20)21)24(22,23)18-9-8-13-14(17)4-3-5-15(13)18/h3-10H,2H2,1H3. The highest BCUT2D eigenvalue weighted by Gasteiger charge is 2.23. The fourth-order valence-electron chi connectivity index (χ4n) is 2.60. The van der Waals surface area contributed by atoms with Crippen LogP contribution in [0.3, 0.4) is 0 Å². The maximum absolute atomic E-state index is 12.9. The van der Waals surface area contributed by atoms with Gasteiger partial charge in [0.15, 0.2) is 0 Å². The Bertz CT molecular complexity index is 1060. The molecule has 0 aliphatic rings. The number of fused-ring (bicyclic) bond motifs is 1. The maximum atomic E-state index is 12.9. The molecule has 0 atom stereocenters.